The maximum Gasteiger partial charge on any atom is 0.416 e. The monoisotopic (exact) mass is 567 g/mol. The van der Waals surface area contributed by atoms with E-state index in [1.165, 1.54) is 28.0 Å². The van der Waals surface area contributed by atoms with E-state index in [0.29, 0.717) is 15.8 Å². The Morgan fingerprint density at radius 2 is 2.00 bits per heavy atom. The lowest BCUT2D eigenvalue weighted by molar-refractivity contribution is -0.137. The van der Waals surface area contributed by atoms with Gasteiger partial charge in [-0.05, 0) is 49.1 Å². The number of esters is 1. The molecule has 0 saturated carbocycles. The lowest BCUT2D eigenvalue weighted by Crippen LogP contribution is -2.24. The van der Waals surface area contributed by atoms with Gasteiger partial charge in [0.1, 0.15) is 9.71 Å². The molecule has 37 heavy (non-hydrogen) atoms. The van der Waals surface area contributed by atoms with E-state index in [-0.39, 0.29) is 40.2 Å². The van der Waals surface area contributed by atoms with Crippen LogP contribution in [0.25, 0.3) is 10.2 Å². The number of anilines is 1. The minimum absolute atomic E-state index is 0.00720. The summed E-state index contributed by atoms with van der Waals surface area (Å²) in [7, 11) is 0. The Hall–Kier alpha value is -3.16. The summed E-state index contributed by atoms with van der Waals surface area (Å²) in [5.74, 6) is -1.30. The average Bonchev–Trinajstić information content (AvgIpc) is 3.47. The maximum absolute atomic E-state index is 13.5. The first-order valence-electron chi connectivity index (χ1n) is 10.9. The molecule has 13 heteroatoms. The number of nitrogens with one attached hydrogen (secondary N) is 1. The van der Waals surface area contributed by atoms with Gasteiger partial charge in [0, 0.05) is 10.6 Å². The molecule has 0 fully saturated rings. The minimum atomic E-state index is -4.53. The van der Waals surface area contributed by atoms with E-state index in [0.717, 1.165) is 40.1 Å². The molecule has 1 amide bonds. The highest BCUT2D eigenvalue weighted by Gasteiger charge is 2.30. The number of nitrogens with zero attached hydrogens (tertiary/aromatic N) is 2. The number of aryl methyl sites for hydroxylation is 1. The number of alkyl halides is 3. The number of rotatable bonds is 8. The Labute approximate surface area is 221 Å². The van der Waals surface area contributed by atoms with Gasteiger partial charge in [0.15, 0.2) is 5.16 Å². The van der Waals surface area contributed by atoms with Gasteiger partial charge in [-0.2, -0.15) is 13.2 Å². The first-order chi connectivity index (χ1) is 17.6. The molecule has 0 aliphatic heterocycles. The summed E-state index contributed by atoms with van der Waals surface area (Å²) in [4.78, 5) is 44.5. The second-order valence-electron chi connectivity index (χ2n) is 7.74. The van der Waals surface area contributed by atoms with Crippen LogP contribution in [0, 0.1) is 6.92 Å². The largest absolute Gasteiger partial charge is 0.462 e. The number of hydrogen-bond donors (Lipinski definition) is 1. The lowest BCUT2D eigenvalue weighted by atomic mass is 10.2. The number of carbonyl (C=O) groups is 2. The molecule has 4 aromatic rings. The van der Waals surface area contributed by atoms with E-state index >= 15 is 0 Å². The molecule has 0 bridgehead atoms. The van der Waals surface area contributed by atoms with Crippen molar-refractivity contribution in [2.24, 2.45) is 0 Å². The van der Waals surface area contributed by atoms with Crippen molar-refractivity contribution in [1.82, 2.24) is 9.55 Å². The quantitative estimate of drug-likeness (QED) is 0.164. The zero-order valence-electron chi connectivity index (χ0n) is 19.5. The van der Waals surface area contributed by atoms with Crippen molar-refractivity contribution in [3.8, 4) is 0 Å². The normalized spacial score (nSPS) is 11.6. The van der Waals surface area contributed by atoms with Crippen molar-refractivity contribution in [2.45, 2.75) is 31.7 Å². The number of thiophene rings is 2. The maximum atomic E-state index is 13.5. The second-order valence-corrected chi connectivity index (χ2v) is 10.7. The van der Waals surface area contributed by atoms with Crippen LogP contribution in [0.1, 0.15) is 32.6 Å². The van der Waals surface area contributed by atoms with E-state index in [1.807, 2.05) is 17.5 Å². The third kappa shape index (κ3) is 6.05. The Morgan fingerprint density at radius 3 is 2.68 bits per heavy atom. The topological polar surface area (TPSA) is 90.3 Å². The molecule has 0 unspecified atom stereocenters. The first kappa shape index (κ1) is 26.9. The number of carbonyl (C=O) groups excluding carboxylic acids is 2. The summed E-state index contributed by atoms with van der Waals surface area (Å²) < 4.78 is 45.5. The third-order valence-electron chi connectivity index (χ3n) is 5.18. The van der Waals surface area contributed by atoms with Gasteiger partial charge in [-0.15, -0.1) is 22.7 Å². The Balaban J connectivity index is 1.64. The molecule has 0 aliphatic carbocycles. The summed E-state index contributed by atoms with van der Waals surface area (Å²) in [5, 5.41) is 4.88. The fourth-order valence-corrected chi connectivity index (χ4v) is 6.11. The van der Waals surface area contributed by atoms with E-state index < -0.39 is 23.6 Å². The molecule has 3 heterocycles. The first-order valence-corrected chi connectivity index (χ1v) is 13.6. The number of hydrogen-bond acceptors (Lipinski definition) is 8. The summed E-state index contributed by atoms with van der Waals surface area (Å²) in [6, 6.07) is 8.05. The number of thioether (sulfide) groups is 1. The van der Waals surface area contributed by atoms with E-state index in [9.17, 15) is 27.6 Å². The van der Waals surface area contributed by atoms with Gasteiger partial charge in [-0.1, -0.05) is 23.9 Å². The number of amides is 1. The van der Waals surface area contributed by atoms with Crippen molar-refractivity contribution in [3.05, 3.63) is 73.0 Å². The molecule has 3 aromatic heterocycles. The van der Waals surface area contributed by atoms with Gasteiger partial charge in [-0.3, -0.25) is 14.2 Å². The van der Waals surface area contributed by atoms with Gasteiger partial charge in [0.05, 0.1) is 29.9 Å². The van der Waals surface area contributed by atoms with Crippen LogP contribution in [0.2, 0.25) is 0 Å². The minimum Gasteiger partial charge on any atom is -0.462 e. The molecule has 0 saturated heterocycles. The molecule has 0 spiro atoms. The molecule has 1 N–H and O–H groups in total. The molecular formula is C24H20F3N3O4S3. The van der Waals surface area contributed by atoms with Crippen LogP contribution >= 0.6 is 34.4 Å². The van der Waals surface area contributed by atoms with Gasteiger partial charge >= 0.3 is 12.1 Å². The molecule has 4 rings (SSSR count). The van der Waals surface area contributed by atoms with Crippen LogP contribution in [0.15, 0.2) is 51.7 Å². The Morgan fingerprint density at radius 1 is 1.22 bits per heavy atom. The van der Waals surface area contributed by atoms with Crippen molar-refractivity contribution in [1.29, 1.82) is 0 Å². The second kappa shape index (κ2) is 11.1. The van der Waals surface area contributed by atoms with Crippen LogP contribution in [0.4, 0.5) is 18.9 Å². The van der Waals surface area contributed by atoms with Gasteiger partial charge in [0.25, 0.3) is 5.56 Å². The summed E-state index contributed by atoms with van der Waals surface area (Å²) in [6.07, 6.45) is -4.53. The number of fused-ring (bicyclic) bond motifs is 1. The van der Waals surface area contributed by atoms with Crippen LogP contribution in [-0.2, 0) is 22.3 Å². The van der Waals surface area contributed by atoms with Crippen molar-refractivity contribution >= 4 is 62.2 Å². The fraction of sp³-hybridized carbons (Fsp3) is 0.250. The van der Waals surface area contributed by atoms with Crippen LogP contribution in [0.3, 0.4) is 0 Å². The van der Waals surface area contributed by atoms with Gasteiger partial charge < -0.3 is 10.1 Å². The van der Waals surface area contributed by atoms with E-state index in [2.05, 4.69) is 10.3 Å². The molecule has 1 aromatic carbocycles. The van der Waals surface area contributed by atoms with Crippen molar-refractivity contribution in [2.75, 3.05) is 17.7 Å². The standard InChI is InChI=1S/C24H20F3N3O4S3/c1-3-34-22(33)19-13(2)18-20(37-19)29-23(30(21(18)32)11-16-8-5-9-35-16)36-12-17(31)28-15-7-4-6-14(10-15)24(25,26)27/h4-10H,3,11-12H2,1-2H3,(H,28,31). The smallest absolute Gasteiger partial charge is 0.416 e. The average molecular weight is 568 g/mol. The SMILES string of the molecule is CCOC(=O)c1sc2nc(SCC(=O)Nc3cccc(C(F)(F)F)c3)n(Cc3cccs3)c(=O)c2c1C. The third-order valence-corrected chi connectivity index (χ3v) is 8.18. The lowest BCUT2D eigenvalue weighted by Gasteiger charge is -2.12. The van der Waals surface area contributed by atoms with E-state index in [4.69, 9.17) is 4.74 Å². The van der Waals surface area contributed by atoms with Crippen LogP contribution in [-0.4, -0.2) is 33.8 Å². The highest BCUT2D eigenvalue weighted by Crippen LogP contribution is 2.32. The van der Waals surface area contributed by atoms with Crippen molar-refractivity contribution < 1.29 is 27.5 Å². The molecule has 0 aliphatic rings. The Kier molecular flexibility index (Phi) is 8.05. The summed E-state index contributed by atoms with van der Waals surface area (Å²) >= 11 is 3.47. The highest BCUT2D eigenvalue weighted by atomic mass is 32.2. The molecule has 0 atom stereocenters. The molecule has 0 radical (unpaired) electrons. The summed E-state index contributed by atoms with van der Waals surface area (Å²) in [5.41, 5.74) is -0.744. The van der Waals surface area contributed by atoms with Crippen LogP contribution < -0.4 is 10.9 Å². The number of aromatic nitrogens is 2. The predicted molar refractivity (Wildman–Crippen MR) is 139 cm³/mol. The van der Waals surface area contributed by atoms with Gasteiger partial charge in [0.2, 0.25) is 5.91 Å². The van der Waals surface area contributed by atoms with Crippen molar-refractivity contribution in [3.63, 3.8) is 0 Å². The molecule has 194 valence electrons. The number of halogens is 3. The summed E-state index contributed by atoms with van der Waals surface area (Å²) in [6.45, 7) is 3.75. The van der Waals surface area contributed by atoms with E-state index in [1.54, 1.807) is 13.8 Å². The molecular weight excluding hydrogens is 547 g/mol. The van der Waals surface area contributed by atoms with Crippen LogP contribution in [0.5, 0.6) is 0 Å². The predicted octanol–water partition coefficient (Wildman–Crippen LogP) is 5.80. The molecule has 7 nitrogen and oxygen atoms in total. The van der Waals surface area contributed by atoms with Gasteiger partial charge in [-0.25, -0.2) is 9.78 Å². The highest BCUT2D eigenvalue weighted by molar-refractivity contribution is 7.99. The Bertz CT molecular complexity index is 1510. The fourth-order valence-electron chi connectivity index (χ4n) is 3.50. The zero-order chi connectivity index (χ0) is 26.7. The number of benzene rings is 1. The number of ether oxygens (including phenoxy) is 1. The zero-order valence-corrected chi connectivity index (χ0v) is 22.0.